The van der Waals surface area contributed by atoms with E-state index in [1.165, 1.54) is 6.07 Å². The van der Waals surface area contributed by atoms with Gasteiger partial charge in [0.25, 0.3) is 0 Å². The van der Waals surface area contributed by atoms with E-state index < -0.39 is 11.6 Å². The van der Waals surface area contributed by atoms with Crippen LogP contribution in [0.1, 0.15) is 11.1 Å². The predicted molar refractivity (Wildman–Crippen MR) is 81.1 cm³/mol. The van der Waals surface area contributed by atoms with Crippen LogP contribution in [0.3, 0.4) is 0 Å². The normalized spacial score (nSPS) is 15.4. The lowest BCUT2D eigenvalue weighted by Crippen LogP contribution is -2.21. The van der Waals surface area contributed by atoms with Crippen LogP contribution in [-0.2, 0) is 11.3 Å². The number of hydrogen-bond donors (Lipinski definition) is 0. The quantitative estimate of drug-likeness (QED) is 0.806. The number of hydrogen-bond acceptors (Lipinski definition) is 2. The Morgan fingerprint density at radius 2 is 1.77 bits per heavy atom. The standard InChI is InChI=1S/C18H15F2NO/c19-17-7-6-14(8-18(17)20)16-11-21(10-15(16)12-22)9-13-4-2-1-3-5-13/h1-8,12H,9-11H2. The average molecular weight is 299 g/mol. The third kappa shape index (κ3) is 2.97. The molecule has 1 heterocycles. The van der Waals surface area contributed by atoms with Crippen LogP contribution < -0.4 is 0 Å². The van der Waals surface area contributed by atoms with Crippen LogP contribution in [-0.4, -0.2) is 24.3 Å². The SMILES string of the molecule is O=CC1=C(c2ccc(F)c(F)c2)CN(Cc2ccccc2)C1. The van der Waals surface area contributed by atoms with Crippen molar-refractivity contribution >= 4 is 11.9 Å². The van der Waals surface area contributed by atoms with E-state index in [4.69, 9.17) is 0 Å². The van der Waals surface area contributed by atoms with Crippen LogP contribution in [0.4, 0.5) is 8.78 Å². The van der Waals surface area contributed by atoms with Crippen LogP contribution in [0.5, 0.6) is 0 Å². The van der Waals surface area contributed by atoms with Crippen LogP contribution >= 0.6 is 0 Å². The van der Waals surface area contributed by atoms with Gasteiger partial charge in [0.1, 0.15) is 6.29 Å². The fourth-order valence-corrected chi connectivity index (χ4v) is 2.74. The Hall–Kier alpha value is -2.33. The number of carbonyl (C=O) groups is 1. The van der Waals surface area contributed by atoms with E-state index >= 15 is 0 Å². The number of carbonyl (C=O) groups excluding carboxylic acids is 1. The van der Waals surface area contributed by atoms with E-state index in [2.05, 4.69) is 4.90 Å². The molecule has 0 amide bonds. The average Bonchev–Trinajstić information content (AvgIpc) is 2.94. The molecule has 22 heavy (non-hydrogen) atoms. The topological polar surface area (TPSA) is 20.3 Å². The minimum Gasteiger partial charge on any atom is -0.298 e. The highest BCUT2D eigenvalue weighted by Gasteiger charge is 2.23. The number of benzene rings is 2. The molecule has 2 nitrogen and oxygen atoms in total. The molecule has 4 heteroatoms. The van der Waals surface area contributed by atoms with Gasteiger partial charge < -0.3 is 0 Å². The van der Waals surface area contributed by atoms with Gasteiger partial charge >= 0.3 is 0 Å². The third-order valence-electron chi connectivity index (χ3n) is 3.82. The van der Waals surface area contributed by atoms with Crippen LogP contribution in [0.25, 0.3) is 5.57 Å². The molecular formula is C18H15F2NO. The molecule has 0 unspecified atom stereocenters. The van der Waals surface area contributed by atoms with Crippen LogP contribution in [0.15, 0.2) is 54.1 Å². The van der Waals surface area contributed by atoms with Crippen molar-refractivity contribution < 1.29 is 13.6 Å². The highest BCUT2D eigenvalue weighted by molar-refractivity contribution is 5.91. The van der Waals surface area contributed by atoms with Gasteiger partial charge in [0.05, 0.1) is 0 Å². The number of halogens is 2. The van der Waals surface area contributed by atoms with Crippen molar-refractivity contribution in [1.29, 1.82) is 0 Å². The minimum atomic E-state index is -0.892. The molecule has 2 aromatic carbocycles. The summed E-state index contributed by atoms with van der Waals surface area (Å²) >= 11 is 0. The van der Waals surface area contributed by atoms with Crippen molar-refractivity contribution in [2.24, 2.45) is 0 Å². The van der Waals surface area contributed by atoms with E-state index in [9.17, 15) is 13.6 Å². The molecule has 3 rings (SSSR count). The molecule has 112 valence electrons. The fourth-order valence-electron chi connectivity index (χ4n) is 2.74. The summed E-state index contributed by atoms with van der Waals surface area (Å²) in [7, 11) is 0. The number of aldehydes is 1. The lowest BCUT2D eigenvalue weighted by atomic mass is 10.0. The van der Waals surface area contributed by atoms with Gasteiger partial charge in [-0.15, -0.1) is 0 Å². The van der Waals surface area contributed by atoms with E-state index in [0.29, 0.717) is 30.8 Å². The lowest BCUT2D eigenvalue weighted by molar-refractivity contribution is -0.105. The molecule has 0 radical (unpaired) electrons. The number of nitrogens with zero attached hydrogens (tertiary/aromatic N) is 1. The second kappa shape index (κ2) is 6.20. The highest BCUT2D eigenvalue weighted by Crippen LogP contribution is 2.28. The summed E-state index contributed by atoms with van der Waals surface area (Å²) in [6.45, 7) is 1.78. The maximum absolute atomic E-state index is 13.4. The molecular weight excluding hydrogens is 284 g/mol. The van der Waals surface area contributed by atoms with Gasteiger partial charge in [-0.2, -0.15) is 0 Å². The van der Waals surface area contributed by atoms with Crippen molar-refractivity contribution in [1.82, 2.24) is 4.90 Å². The van der Waals surface area contributed by atoms with Gasteiger partial charge in [-0.3, -0.25) is 9.69 Å². The number of rotatable bonds is 4. The van der Waals surface area contributed by atoms with Gasteiger partial charge in [-0.25, -0.2) is 8.78 Å². The van der Waals surface area contributed by atoms with Crippen LogP contribution in [0.2, 0.25) is 0 Å². The first-order valence-corrected chi connectivity index (χ1v) is 7.06. The Labute approximate surface area is 127 Å². The third-order valence-corrected chi connectivity index (χ3v) is 3.82. The molecule has 2 aromatic rings. The Bertz CT molecular complexity index is 725. The minimum absolute atomic E-state index is 0.521. The fraction of sp³-hybridized carbons (Fsp3) is 0.167. The highest BCUT2D eigenvalue weighted by atomic mass is 19.2. The molecule has 0 fully saturated rings. The summed E-state index contributed by atoms with van der Waals surface area (Å²) in [4.78, 5) is 13.4. The smallest absolute Gasteiger partial charge is 0.159 e. The van der Waals surface area contributed by atoms with Crippen LogP contribution in [0, 0.1) is 11.6 Å². The Kier molecular flexibility index (Phi) is 4.11. The van der Waals surface area contributed by atoms with Crippen molar-refractivity contribution in [2.45, 2.75) is 6.54 Å². The van der Waals surface area contributed by atoms with E-state index in [-0.39, 0.29) is 0 Å². The zero-order chi connectivity index (χ0) is 15.5. The summed E-state index contributed by atoms with van der Waals surface area (Å²) in [6, 6.07) is 13.7. The van der Waals surface area contributed by atoms with E-state index in [1.54, 1.807) is 0 Å². The largest absolute Gasteiger partial charge is 0.298 e. The van der Waals surface area contributed by atoms with Crippen molar-refractivity contribution in [3.8, 4) is 0 Å². The summed E-state index contributed by atoms with van der Waals surface area (Å²) < 4.78 is 26.5. The molecule has 0 N–H and O–H groups in total. The summed E-state index contributed by atoms with van der Waals surface area (Å²) in [5.74, 6) is -1.77. The Morgan fingerprint density at radius 1 is 1.00 bits per heavy atom. The zero-order valence-electron chi connectivity index (χ0n) is 11.9. The molecule has 0 aromatic heterocycles. The van der Waals surface area contributed by atoms with Crippen molar-refractivity contribution in [3.63, 3.8) is 0 Å². The lowest BCUT2D eigenvalue weighted by Gasteiger charge is -2.16. The second-order valence-electron chi connectivity index (χ2n) is 5.38. The molecule has 0 saturated heterocycles. The summed E-state index contributed by atoms with van der Waals surface area (Å²) in [5.41, 5.74) is 3.11. The Morgan fingerprint density at radius 3 is 2.45 bits per heavy atom. The maximum Gasteiger partial charge on any atom is 0.159 e. The van der Waals surface area contributed by atoms with Gasteiger partial charge in [-0.1, -0.05) is 36.4 Å². The predicted octanol–water partition coefficient (Wildman–Crippen LogP) is 3.43. The van der Waals surface area contributed by atoms with Gasteiger partial charge in [0, 0.05) is 25.2 Å². The molecule has 1 aliphatic heterocycles. The summed E-state index contributed by atoms with van der Waals surface area (Å²) in [5, 5.41) is 0. The molecule has 0 atom stereocenters. The second-order valence-corrected chi connectivity index (χ2v) is 5.38. The van der Waals surface area contributed by atoms with E-state index in [0.717, 1.165) is 29.6 Å². The maximum atomic E-state index is 13.4. The summed E-state index contributed by atoms with van der Waals surface area (Å²) in [6.07, 6.45) is 0.807. The van der Waals surface area contributed by atoms with Crippen molar-refractivity contribution in [3.05, 3.63) is 76.9 Å². The van der Waals surface area contributed by atoms with Crippen molar-refractivity contribution in [2.75, 3.05) is 13.1 Å². The zero-order valence-corrected chi connectivity index (χ0v) is 11.9. The monoisotopic (exact) mass is 299 g/mol. The molecule has 0 spiro atoms. The Balaban J connectivity index is 1.81. The first kappa shape index (κ1) is 14.6. The first-order chi connectivity index (χ1) is 10.7. The van der Waals surface area contributed by atoms with Gasteiger partial charge in [0.2, 0.25) is 0 Å². The van der Waals surface area contributed by atoms with Gasteiger partial charge in [-0.05, 0) is 28.8 Å². The van der Waals surface area contributed by atoms with E-state index in [1.807, 2.05) is 30.3 Å². The molecule has 1 aliphatic rings. The first-order valence-electron chi connectivity index (χ1n) is 7.06. The molecule has 0 saturated carbocycles. The van der Waals surface area contributed by atoms with Gasteiger partial charge in [0.15, 0.2) is 11.6 Å². The molecule has 0 aliphatic carbocycles. The molecule has 0 bridgehead atoms.